The molecule has 0 spiro atoms. The van der Waals surface area contributed by atoms with Gasteiger partial charge in [-0.15, -0.1) is 0 Å². The van der Waals surface area contributed by atoms with E-state index < -0.39 is 0 Å². The minimum absolute atomic E-state index is 1.05. The van der Waals surface area contributed by atoms with Crippen molar-refractivity contribution >= 4 is 0 Å². The first-order chi connectivity index (χ1) is 14.9. The van der Waals surface area contributed by atoms with E-state index in [4.69, 9.17) is 0 Å². The van der Waals surface area contributed by atoms with Crippen LogP contribution in [0.2, 0.25) is 0 Å². The molecule has 0 aliphatic heterocycles. The predicted octanol–water partition coefficient (Wildman–Crippen LogP) is 7.16. The zero-order chi connectivity index (χ0) is 20.4. The zero-order valence-corrected chi connectivity index (χ0v) is 17.4. The lowest BCUT2D eigenvalue weighted by atomic mass is 10.0. The molecule has 2 nitrogen and oxygen atoms in total. The van der Waals surface area contributed by atoms with Crippen molar-refractivity contribution in [3.63, 3.8) is 0 Å². The first kappa shape index (κ1) is 20.0. The fraction of sp³-hybridized carbons (Fsp3) is 0.214. The number of nitrogens with zero attached hydrogens (tertiary/aromatic N) is 2. The number of rotatable bonds is 9. The number of unbranched alkanes of at least 4 members (excludes halogenated alkanes) is 3. The maximum absolute atomic E-state index is 4.63. The van der Waals surface area contributed by atoms with E-state index in [9.17, 15) is 0 Å². The number of hydrogen-bond donors (Lipinski definition) is 0. The summed E-state index contributed by atoms with van der Waals surface area (Å²) in [4.78, 5) is 9.25. The SMILES string of the molecule is c1ccc(-c2ccc(CCCCCCc3ccc(-c4ccccc4)nc3)cn2)cc1. The van der Waals surface area contributed by atoms with Crippen molar-refractivity contribution in [1.82, 2.24) is 9.97 Å². The van der Waals surface area contributed by atoms with Crippen LogP contribution in [-0.4, -0.2) is 9.97 Å². The van der Waals surface area contributed by atoms with Crippen molar-refractivity contribution in [2.24, 2.45) is 0 Å². The molecule has 2 aromatic heterocycles. The third kappa shape index (κ3) is 5.64. The minimum Gasteiger partial charge on any atom is -0.256 e. The number of pyridine rings is 2. The first-order valence-electron chi connectivity index (χ1n) is 10.9. The van der Waals surface area contributed by atoms with Crippen LogP contribution >= 0.6 is 0 Å². The Balaban J connectivity index is 1.15. The molecule has 2 heteroatoms. The van der Waals surface area contributed by atoms with E-state index in [-0.39, 0.29) is 0 Å². The van der Waals surface area contributed by atoms with E-state index in [1.807, 2.05) is 24.5 Å². The Morgan fingerprint density at radius 2 is 0.867 bits per heavy atom. The van der Waals surface area contributed by atoms with Gasteiger partial charge in [-0.3, -0.25) is 9.97 Å². The van der Waals surface area contributed by atoms with Crippen LogP contribution in [0.25, 0.3) is 22.5 Å². The normalized spacial score (nSPS) is 10.8. The Kier molecular flexibility index (Phi) is 7.01. The van der Waals surface area contributed by atoms with Crippen molar-refractivity contribution in [3.8, 4) is 22.5 Å². The van der Waals surface area contributed by atoms with Gasteiger partial charge in [0.1, 0.15) is 0 Å². The molecule has 0 saturated heterocycles. The highest BCUT2D eigenvalue weighted by Crippen LogP contribution is 2.19. The van der Waals surface area contributed by atoms with E-state index in [0.717, 1.165) is 24.2 Å². The van der Waals surface area contributed by atoms with Crippen LogP contribution in [0.1, 0.15) is 36.8 Å². The van der Waals surface area contributed by atoms with Gasteiger partial charge in [0, 0.05) is 23.5 Å². The van der Waals surface area contributed by atoms with Crippen molar-refractivity contribution in [3.05, 3.63) is 108 Å². The summed E-state index contributed by atoms with van der Waals surface area (Å²) in [5, 5.41) is 0. The quantitative estimate of drug-likeness (QED) is 0.282. The van der Waals surface area contributed by atoms with Gasteiger partial charge in [-0.2, -0.15) is 0 Å². The lowest BCUT2D eigenvalue weighted by Crippen LogP contribution is -1.91. The summed E-state index contributed by atoms with van der Waals surface area (Å²) in [5.41, 5.74) is 7.11. The van der Waals surface area contributed by atoms with Crippen LogP contribution in [0.3, 0.4) is 0 Å². The minimum atomic E-state index is 1.05. The van der Waals surface area contributed by atoms with Gasteiger partial charge in [-0.25, -0.2) is 0 Å². The molecule has 0 fully saturated rings. The lowest BCUT2D eigenvalue weighted by Gasteiger charge is -2.05. The molecule has 2 aromatic carbocycles. The fourth-order valence-corrected chi connectivity index (χ4v) is 3.72. The number of benzene rings is 2. The van der Waals surface area contributed by atoms with Crippen molar-refractivity contribution in [1.29, 1.82) is 0 Å². The van der Waals surface area contributed by atoms with E-state index in [0.29, 0.717) is 0 Å². The molecular weight excluding hydrogens is 364 g/mol. The standard InChI is InChI=1S/C28H28N2/c1(5-11-23-17-19-27(29-21-23)25-13-7-3-8-14-25)2-6-12-24-18-20-28(30-22-24)26-15-9-4-10-16-26/h3-4,7-10,13-22H,1-2,5-6,11-12H2. The number of hydrogen-bond acceptors (Lipinski definition) is 2. The van der Waals surface area contributed by atoms with E-state index in [2.05, 4.69) is 82.8 Å². The van der Waals surface area contributed by atoms with Crippen molar-refractivity contribution in [2.45, 2.75) is 38.5 Å². The molecule has 0 unspecified atom stereocenters. The van der Waals surface area contributed by atoms with Crippen LogP contribution in [0, 0.1) is 0 Å². The summed E-state index contributed by atoms with van der Waals surface area (Å²) in [7, 11) is 0. The number of aromatic nitrogens is 2. The van der Waals surface area contributed by atoms with Gasteiger partial charge in [0.15, 0.2) is 0 Å². The van der Waals surface area contributed by atoms with Crippen molar-refractivity contribution in [2.75, 3.05) is 0 Å². The van der Waals surface area contributed by atoms with E-state index in [1.165, 1.54) is 47.9 Å². The van der Waals surface area contributed by atoms with Gasteiger partial charge < -0.3 is 0 Å². The molecule has 0 N–H and O–H groups in total. The second kappa shape index (κ2) is 10.5. The molecular formula is C28H28N2. The van der Waals surface area contributed by atoms with Gasteiger partial charge >= 0.3 is 0 Å². The van der Waals surface area contributed by atoms with Gasteiger partial charge in [-0.1, -0.05) is 85.6 Å². The van der Waals surface area contributed by atoms with Crippen LogP contribution in [-0.2, 0) is 12.8 Å². The highest BCUT2D eigenvalue weighted by molar-refractivity contribution is 5.59. The Labute approximate surface area is 179 Å². The summed E-state index contributed by atoms with van der Waals surface area (Å²) in [5.74, 6) is 0. The molecule has 2 heterocycles. The molecule has 0 radical (unpaired) electrons. The van der Waals surface area contributed by atoms with Gasteiger partial charge in [0.2, 0.25) is 0 Å². The monoisotopic (exact) mass is 392 g/mol. The first-order valence-corrected chi connectivity index (χ1v) is 10.9. The average Bonchev–Trinajstić information content (AvgIpc) is 2.83. The van der Waals surface area contributed by atoms with Crippen LogP contribution < -0.4 is 0 Å². The van der Waals surface area contributed by atoms with Crippen LogP contribution in [0.5, 0.6) is 0 Å². The average molecular weight is 393 g/mol. The van der Waals surface area contributed by atoms with E-state index >= 15 is 0 Å². The molecule has 0 saturated carbocycles. The second-order valence-electron chi connectivity index (χ2n) is 7.75. The third-order valence-electron chi connectivity index (χ3n) is 5.47. The number of aryl methyl sites for hydroxylation is 2. The molecule has 0 bridgehead atoms. The summed E-state index contributed by atoms with van der Waals surface area (Å²) in [6, 6.07) is 29.4. The van der Waals surface area contributed by atoms with Crippen LogP contribution in [0.4, 0.5) is 0 Å². The fourth-order valence-electron chi connectivity index (χ4n) is 3.72. The molecule has 0 aliphatic carbocycles. The molecule has 0 amide bonds. The van der Waals surface area contributed by atoms with Crippen molar-refractivity contribution < 1.29 is 0 Å². The Bertz CT molecular complexity index is 921. The molecule has 0 atom stereocenters. The lowest BCUT2D eigenvalue weighted by molar-refractivity contribution is 0.639. The maximum Gasteiger partial charge on any atom is 0.0702 e. The Morgan fingerprint density at radius 3 is 1.23 bits per heavy atom. The van der Waals surface area contributed by atoms with Gasteiger partial charge in [0.05, 0.1) is 11.4 Å². The smallest absolute Gasteiger partial charge is 0.0702 e. The summed E-state index contributed by atoms with van der Waals surface area (Å²) in [6.45, 7) is 0. The highest BCUT2D eigenvalue weighted by atomic mass is 14.7. The van der Waals surface area contributed by atoms with Gasteiger partial charge in [0.25, 0.3) is 0 Å². The van der Waals surface area contributed by atoms with Crippen LogP contribution in [0.15, 0.2) is 97.3 Å². The largest absolute Gasteiger partial charge is 0.256 e. The third-order valence-corrected chi connectivity index (χ3v) is 5.47. The summed E-state index contributed by atoms with van der Waals surface area (Å²) >= 11 is 0. The highest BCUT2D eigenvalue weighted by Gasteiger charge is 2.01. The maximum atomic E-state index is 4.63. The Morgan fingerprint density at radius 1 is 0.433 bits per heavy atom. The zero-order valence-electron chi connectivity index (χ0n) is 17.4. The molecule has 4 aromatic rings. The molecule has 150 valence electrons. The molecule has 4 rings (SSSR count). The Hall–Kier alpha value is -3.26. The molecule has 30 heavy (non-hydrogen) atoms. The van der Waals surface area contributed by atoms with E-state index in [1.54, 1.807) is 0 Å². The second-order valence-corrected chi connectivity index (χ2v) is 7.75. The summed E-state index contributed by atoms with van der Waals surface area (Å²) < 4.78 is 0. The summed E-state index contributed by atoms with van der Waals surface area (Å²) in [6.07, 6.45) is 11.2. The van der Waals surface area contributed by atoms with Gasteiger partial charge in [-0.05, 0) is 48.9 Å². The predicted molar refractivity (Wildman–Crippen MR) is 125 cm³/mol. The topological polar surface area (TPSA) is 25.8 Å². The molecule has 0 aliphatic rings.